The Balaban J connectivity index is 0.000000620. The summed E-state index contributed by atoms with van der Waals surface area (Å²) in [4.78, 5) is 11.6. The lowest BCUT2D eigenvalue weighted by Crippen LogP contribution is -2.36. The number of likely N-dealkylation sites (N-methyl/N-ethyl adjacent to an activating group) is 1. The first-order valence-corrected chi connectivity index (χ1v) is 8.89. The topological polar surface area (TPSA) is 78.8 Å². The van der Waals surface area contributed by atoms with Crippen LogP contribution >= 0.6 is 24.8 Å². The highest BCUT2D eigenvalue weighted by molar-refractivity contribution is 8.93. The molecule has 0 aliphatic heterocycles. The predicted molar refractivity (Wildman–Crippen MR) is 102 cm³/mol. The van der Waals surface area contributed by atoms with Crippen molar-refractivity contribution in [3.05, 3.63) is 60.7 Å². The number of hydrogen-bond acceptors (Lipinski definition) is 5. The molecule has 0 spiro atoms. The maximum Gasteiger partial charge on any atom is 0.372 e. The van der Waals surface area contributed by atoms with Gasteiger partial charge in [-0.15, -0.1) is 17.0 Å². The maximum absolute atomic E-state index is 11.6. The smallest absolute Gasteiger partial charge is 0.372 e. The van der Waals surface area contributed by atoms with E-state index in [-0.39, 0.29) is 35.1 Å². The quantitative estimate of drug-likeness (QED) is 0.559. The minimum atomic E-state index is -4.39. The summed E-state index contributed by atoms with van der Waals surface area (Å²) in [5.74, 6) is 0.448. The summed E-state index contributed by atoms with van der Waals surface area (Å²) < 4.78 is 22.0. The number of phosphoric ester groups is 1. The molecule has 0 saturated carbocycles. The van der Waals surface area contributed by atoms with Crippen LogP contribution in [0.15, 0.2) is 60.7 Å². The third kappa shape index (κ3) is 11.8. The van der Waals surface area contributed by atoms with Crippen molar-refractivity contribution in [2.24, 2.45) is 0 Å². The maximum atomic E-state index is 11.6. The lowest BCUT2D eigenvalue weighted by Gasteiger charge is -2.23. The molecule has 2 aromatic carbocycles. The molecule has 0 heterocycles. The number of aliphatic hydroxyl groups excluding tert-OH is 1. The van der Waals surface area contributed by atoms with Crippen molar-refractivity contribution in [3.8, 4) is 11.5 Å². The van der Waals surface area contributed by atoms with Crippen LogP contribution in [0.2, 0.25) is 0 Å². The zero-order valence-corrected chi connectivity index (χ0v) is 17.2. The molecule has 1 N–H and O–H groups in total. The van der Waals surface area contributed by atoms with E-state index >= 15 is 0 Å². The highest BCUT2D eigenvalue weighted by Gasteiger charge is 2.12. The van der Waals surface area contributed by atoms with Gasteiger partial charge < -0.3 is 23.5 Å². The number of para-hydroxylation sites is 2. The summed E-state index contributed by atoms with van der Waals surface area (Å²) in [6.45, 7) is 1.11. The highest BCUT2D eigenvalue weighted by atomic mass is 79.9. The van der Waals surface area contributed by atoms with Crippen LogP contribution in [0.3, 0.4) is 0 Å². The number of aliphatic hydroxyl groups is 1. The minimum Gasteiger partial charge on any atom is -0.736 e. The Morgan fingerprint density at radius 1 is 0.920 bits per heavy atom. The molecule has 8 heteroatoms. The van der Waals surface area contributed by atoms with Gasteiger partial charge in [0.1, 0.15) is 18.0 Å². The average Bonchev–Trinajstić information content (AvgIpc) is 2.47. The van der Waals surface area contributed by atoms with Crippen LogP contribution in [-0.2, 0) is 4.57 Å². The zero-order valence-electron chi connectivity index (χ0n) is 14.6. The third-order valence-corrected chi connectivity index (χ3v) is 3.56. The van der Waals surface area contributed by atoms with Crippen LogP contribution in [0.1, 0.15) is 0 Å². The first-order chi connectivity index (χ1) is 11.2. The summed E-state index contributed by atoms with van der Waals surface area (Å²) in [6, 6.07) is 16.4. The molecule has 2 aromatic rings. The van der Waals surface area contributed by atoms with E-state index in [1.54, 1.807) is 60.7 Å². The van der Waals surface area contributed by atoms with Crippen molar-refractivity contribution in [3.63, 3.8) is 0 Å². The fraction of sp³-hybridized carbons (Fsp3) is 0.294. The number of hydrogen-bond donors (Lipinski definition) is 1. The fourth-order valence-electron chi connectivity index (χ4n) is 1.54. The van der Waals surface area contributed by atoms with Gasteiger partial charge in [0.2, 0.25) is 0 Å². The Morgan fingerprint density at radius 2 is 1.28 bits per heavy atom. The number of nitrogens with zero attached hydrogens (tertiary/aromatic N) is 1. The van der Waals surface area contributed by atoms with E-state index in [9.17, 15) is 9.46 Å². The zero-order chi connectivity index (χ0) is 18.1. The van der Waals surface area contributed by atoms with E-state index in [1.165, 1.54) is 0 Å². The molecule has 0 aliphatic carbocycles. The molecule has 0 bridgehead atoms. The van der Waals surface area contributed by atoms with Crippen molar-refractivity contribution < 1.29 is 28.1 Å². The second-order valence-electron chi connectivity index (χ2n) is 5.99. The summed E-state index contributed by atoms with van der Waals surface area (Å²) in [7, 11) is 1.77. The van der Waals surface area contributed by atoms with Crippen molar-refractivity contribution in [1.82, 2.24) is 0 Å². The molecule has 0 saturated heterocycles. The normalized spacial score (nSPS) is 10.8. The lowest BCUT2D eigenvalue weighted by molar-refractivity contribution is -0.870. The minimum absolute atomic E-state index is 0. The van der Waals surface area contributed by atoms with Crippen molar-refractivity contribution in [2.75, 3.05) is 34.3 Å². The van der Waals surface area contributed by atoms with Crippen LogP contribution in [0.5, 0.6) is 11.5 Å². The lowest BCUT2D eigenvalue weighted by atomic mass is 10.3. The van der Waals surface area contributed by atoms with Gasteiger partial charge in [-0.2, -0.15) is 0 Å². The second-order valence-corrected chi connectivity index (χ2v) is 7.25. The predicted octanol–water partition coefficient (Wildman–Crippen LogP) is 2.88. The molecule has 0 fully saturated rings. The SMILES string of the molecule is Br.C[N+](C)(C)CCO.O=P([O-])(Oc1ccccc1)Oc1ccccc1. The molecule has 2 rings (SSSR count). The number of halogens is 1. The second kappa shape index (κ2) is 11.3. The van der Waals surface area contributed by atoms with Gasteiger partial charge in [-0.3, -0.25) is 0 Å². The largest absolute Gasteiger partial charge is 0.736 e. The Kier molecular flexibility index (Phi) is 10.7. The van der Waals surface area contributed by atoms with Crippen LogP contribution in [0, 0.1) is 0 Å². The van der Waals surface area contributed by atoms with Gasteiger partial charge in [0, 0.05) is 0 Å². The van der Waals surface area contributed by atoms with Crippen molar-refractivity contribution in [2.45, 2.75) is 0 Å². The molecular weight excluding hydrogens is 409 g/mol. The summed E-state index contributed by atoms with van der Waals surface area (Å²) in [5.41, 5.74) is 0. The number of phosphoric acid groups is 1. The molecule has 25 heavy (non-hydrogen) atoms. The first kappa shape index (κ1) is 23.6. The first-order valence-electron chi connectivity index (χ1n) is 7.43. The van der Waals surface area contributed by atoms with E-state index in [1.807, 2.05) is 0 Å². The molecule has 0 aromatic heterocycles. The fourth-order valence-corrected chi connectivity index (χ4v) is 2.34. The van der Waals surface area contributed by atoms with E-state index < -0.39 is 7.82 Å². The van der Waals surface area contributed by atoms with Crippen LogP contribution in [0.25, 0.3) is 0 Å². The van der Waals surface area contributed by atoms with Gasteiger partial charge in [-0.25, -0.2) is 4.57 Å². The number of rotatable bonds is 6. The third-order valence-electron chi connectivity index (χ3n) is 2.69. The number of quaternary nitrogens is 1. The summed E-state index contributed by atoms with van der Waals surface area (Å²) in [5, 5.41) is 8.39. The molecule has 0 atom stereocenters. The van der Waals surface area contributed by atoms with E-state index in [4.69, 9.17) is 14.2 Å². The monoisotopic (exact) mass is 433 g/mol. The van der Waals surface area contributed by atoms with Crippen LogP contribution in [-0.4, -0.2) is 43.9 Å². The van der Waals surface area contributed by atoms with Gasteiger partial charge in [0.15, 0.2) is 0 Å². The Labute approximate surface area is 159 Å². The summed E-state index contributed by atoms with van der Waals surface area (Å²) >= 11 is 0. The molecule has 140 valence electrons. The van der Waals surface area contributed by atoms with E-state index in [2.05, 4.69) is 21.1 Å². The van der Waals surface area contributed by atoms with E-state index in [0.29, 0.717) is 0 Å². The Hall–Kier alpha value is -1.37. The molecule has 0 unspecified atom stereocenters. The molecular formula is C17H25BrNO5P. The number of benzene rings is 2. The van der Waals surface area contributed by atoms with Crippen LogP contribution in [0.4, 0.5) is 0 Å². The van der Waals surface area contributed by atoms with E-state index in [0.717, 1.165) is 11.0 Å². The molecule has 0 amide bonds. The van der Waals surface area contributed by atoms with Gasteiger partial charge in [-0.05, 0) is 24.3 Å². The standard InChI is InChI=1S/C12H11O4P.C5H14NO.BrH/c13-17(14,15-11-7-3-1-4-8-11)16-12-9-5-2-6-10-12;1-6(2,3)4-5-7;/h1-10H,(H,13,14);7H,4-5H2,1-3H3;1H/q;+1;/p-1. The molecule has 6 nitrogen and oxygen atoms in total. The van der Waals surface area contributed by atoms with Gasteiger partial charge >= 0.3 is 7.82 Å². The van der Waals surface area contributed by atoms with Gasteiger partial charge in [-0.1, -0.05) is 36.4 Å². The molecule has 0 aliphatic rings. The van der Waals surface area contributed by atoms with Gasteiger partial charge in [0.25, 0.3) is 0 Å². The highest BCUT2D eigenvalue weighted by Crippen LogP contribution is 2.40. The van der Waals surface area contributed by atoms with Crippen molar-refractivity contribution >= 4 is 24.8 Å². The average molecular weight is 434 g/mol. The molecule has 0 radical (unpaired) electrons. The Morgan fingerprint density at radius 3 is 1.52 bits per heavy atom. The summed E-state index contributed by atoms with van der Waals surface area (Å²) in [6.07, 6.45) is 0. The Bertz CT molecular complexity index is 589. The van der Waals surface area contributed by atoms with Gasteiger partial charge in [0.05, 0.1) is 27.7 Å². The van der Waals surface area contributed by atoms with Crippen molar-refractivity contribution in [1.29, 1.82) is 0 Å². The van der Waals surface area contributed by atoms with Crippen LogP contribution < -0.4 is 13.9 Å².